The number of hydrogen-bond acceptors (Lipinski definition) is 3. The van der Waals surface area contributed by atoms with Crippen molar-refractivity contribution >= 4 is 11.6 Å². The van der Waals surface area contributed by atoms with Crippen LogP contribution in [0.4, 0.5) is 5.69 Å². The van der Waals surface area contributed by atoms with E-state index in [1.807, 2.05) is 39.0 Å². The van der Waals surface area contributed by atoms with Crippen molar-refractivity contribution in [1.82, 2.24) is 5.32 Å². The molecule has 2 rings (SSSR count). The van der Waals surface area contributed by atoms with Gasteiger partial charge in [0.05, 0.1) is 5.60 Å². The zero-order valence-electron chi connectivity index (χ0n) is 12.6. The lowest BCUT2D eigenvalue weighted by Gasteiger charge is -2.26. The molecule has 0 fully saturated rings. The molecule has 0 spiro atoms. The summed E-state index contributed by atoms with van der Waals surface area (Å²) < 4.78 is 5.60. The topological polar surface area (TPSA) is 50.4 Å². The van der Waals surface area contributed by atoms with E-state index in [-0.39, 0.29) is 11.5 Å². The Hall–Kier alpha value is -1.55. The van der Waals surface area contributed by atoms with E-state index in [1.165, 1.54) is 0 Å². The Kier molecular flexibility index (Phi) is 4.65. The number of hydrogen-bond donors (Lipinski definition) is 2. The van der Waals surface area contributed by atoms with Gasteiger partial charge in [-0.3, -0.25) is 4.79 Å². The average molecular weight is 276 g/mol. The minimum Gasteiger partial charge on any atom is -0.385 e. The van der Waals surface area contributed by atoms with Crippen LogP contribution in [0.15, 0.2) is 18.2 Å². The fraction of sp³-hybridized carbons (Fsp3) is 0.562. The molecule has 20 heavy (non-hydrogen) atoms. The highest BCUT2D eigenvalue weighted by Crippen LogP contribution is 2.25. The van der Waals surface area contributed by atoms with Gasteiger partial charge in [0.25, 0.3) is 5.91 Å². The summed E-state index contributed by atoms with van der Waals surface area (Å²) in [5.41, 5.74) is 2.66. The number of benzene rings is 1. The zero-order chi connectivity index (χ0) is 14.6. The van der Waals surface area contributed by atoms with Crippen LogP contribution in [-0.4, -0.2) is 31.2 Å². The van der Waals surface area contributed by atoms with Gasteiger partial charge < -0.3 is 15.4 Å². The van der Waals surface area contributed by atoms with Gasteiger partial charge >= 0.3 is 0 Å². The van der Waals surface area contributed by atoms with E-state index in [4.69, 9.17) is 4.74 Å². The number of rotatable bonds is 5. The Labute approximate surface area is 120 Å². The highest BCUT2D eigenvalue weighted by atomic mass is 16.5. The molecule has 2 N–H and O–H groups in total. The number of fused-ring (bicyclic) bond motifs is 1. The van der Waals surface area contributed by atoms with Crippen LogP contribution >= 0.6 is 0 Å². The van der Waals surface area contributed by atoms with Crippen molar-refractivity contribution in [3.05, 3.63) is 29.3 Å². The summed E-state index contributed by atoms with van der Waals surface area (Å²) in [5, 5.41) is 6.33. The van der Waals surface area contributed by atoms with Crippen molar-refractivity contribution in [2.45, 2.75) is 39.2 Å². The maximum Gasteiger partial charge on any atom is 0.251 e. The third-order valence-electron chi connectivity index (χ3n) is 3.55. The molecule has 0 unspecified atom stereocenters. The van der Waals surface area contributed by atoms with Gasteiger partial charge in [-0.05, 0) is 51.3 Å². The Morgan fingerprint density at radius 2 is 2.25 bits per heavy atom. The molecule has 4 nitrogen and oxygen atoms in total. The summed E-state index contributed by atoms with van der Waals surface area (Å²) in [6, 6.07) is 5.87. The largest absolute Gasteiger partial charge is 0.385 e. The van der Waals surface area contributed by atoms with Gasteiger partial charge in [-0.25, -0.2) is 0 Å². The predicted molar refractivity (Wildman–Crippen MR) is 81.3 cm³/mol. The lowest BCUT2D eigenvalue weighted by Crippen LogP contribution is -2.40. The Morgan fingerprint density at radius 1 is 1.45 bits per heavy atom. The van der Waals surface area contributed by atoms with Crippen LogP contribution in [0.3, 0.4) is 0 Å². The summed E-state index contributed by atoms with van der Waals surface area (Å²) in [7, 11) is 0. The van der Waals surface area contributed by atoms with Crippen molar-refractivity contribution in [2.75, 3.05) is 25.0 Å². The van der Waals surface area contributed by atoms with E-state index in [1.54, 1.807) is 0 Å². The Balaban J connectivity index is 2.06. The van der Waals surface area contributed by atoms with Gasteiger partial charge in [0, 0.05) is 30.9 Å². The molecule has 1 aromatic rings. The van der Waals surface area contributed by atoms with Gasteiger partial charge in [-0.2, -0.15) is 0 Å². The number of nitrogens with one attached hydrogen (secondary N) is 2. The molecular weight excluding hydrogens is 252 g/mol. The molecule has 4 heteroatoms. The summed E-state index contributed by atoms with van der Waals surface area (Å²) in [6.45, 7) is 8.07. The SMILES string of the molecule is CCOC(C)(C)CNC(=O)c1cccc2c1CCCN2. The molecule has 0 atom stereocenters. The maximum absolute atomic E-state index is 12.4. The van der Waals surface area contributed by atoms with E-state index in [0.717, 1.165) is 36.2 Å². The highest BCUT2D eigenvalue weighted by Gasteiger charge is 2.21. The second-order valence-corrected chi connectivity index (χ2v) is 5.74. The van der Waals surface area contributed by atoms with Crippen LogP contribution in [-0.2, 0) is 11.2 Å². The highest BCUT2D eigenvalue weighted by molar-refractivity contribution is 5.97. The quantitative estimate of drug-likeness (QED) is 0.869. The molecule has 1 heterocycles. The van der Waals surface area contributed by atoms with Gasteiger partial charge in [0.15, 0.2) is 0 Å². The zero-order valence-corrected chi connectivity index (χ0v) is 12.6. The number of ether oxygens (including phenoxy) is 1. The maximum atomic E-state index is 12.4. The number of amides is 1. The first-order valence-corrected chi connectivity index (χ1v) is 7.31. The van der Waals surface area contributed by atoms with Gasteiger partial charge in [0.1, 0.15) is 0 Å². The summed E-state index contributed by atoms with van der Waals surface area (Å²) in [4.78, 5) is 12.4. The van der Waals surface area contributed by atoms with E-state index >= 15 is 0 Å². The molecule has 1 aliphatic rings. The van der Waals surface area contributed by atoms with Gasteiger partial charge in [-0.15, -0.1) is 0 Å². The van der Waals surface area contributed by atoms with E-state index in [2.05, 4.69) is 10.6 Å². The van der Waals surface area contributed by atoms with Crippen LogP contribution < -0.4 is 10.6 Å². The molecule has 1 aliphatic heterocycles. The molecular formula is C16H24N2O2. The second kappa shape index (κ2) is 6.27. The lowest BCUT2D eigenvalue weighted by molar-refractivity contribution is -0.00816. The first kappa shape index (κ1) is 14.9. The number of anilines is 1. The molecule has 1 amide bonds. The minimum atomic E-state index is -0.336. The van der Waals surface area contributed by atoms with Gasteiger partial charge in [0.2, 0.25) is 0 Å². The van der Waals surface area contributed by atoms with Gasteiger partial charge in [-0.1, -0.05) is 6.07 Å². The smallest absolute Gasteiger partial charge is 0.251 e. The lowest BCUT2D eigenvalue weighted by atomic mass is 9.97. The molecule has 0 radical (unpaired) electrons. The van der Waals surface area contributed by atoms with Crippen molar-refractivity contribution in [3.63, 3.8) is 0 Å². The minimum absolute atomic E-state index is 0.0154. The summed E-state index contributed by atoms with van der Waals surface area (Å²) in [6.07, 6.45) is 2.03. The first-order valence-electron chi connectivity index (χ1n) is 7.31. The van der Waals surface area contributed by atoms with E-state index in [9.17, 15) is 4.79 Å². The van der Waals surface area contributed by atoms with E-state index < -0.39 is 0 Å². The molecule has 110 valence electrons. The molecule has 0 bridgehead atoms. The normalized spacial score (nSPS) is 14.3. The predicted octanol–water partition coefficient (Wildman–Crippen LogP) is 2.59. The Bertz CT molecular complexity index is 483. The third-order valence-corrected chi connectivity index (χ3v) is 3.55. The summed E-state index contributed by atoms with van der Waals surface area (Å²) >= 11 is 0. The van der Waals surface area contributed by atoms with Crippen LogP contribution in [0.1, 0.15) is 43.1 Å². The first-order chi connectivity index (χ1) is 9.53. The van der Waals surface area contributed by atoms with Crippen LogP contribution in [0.5, 0.6) is 0 Å². The summed E-state index contributed by atoms with van der Waals surface area (Å²) in [5.74, 6) is -0.0154. The molecule has 0 aliphatic carbocycles. The fourth-order valence-electron chi connectivity index (χ4n) is 2.55. The third kappa shape index (κ3) is 3.51. The van der Waals surface area contributed by atoms with Crippen LogP contribution in [0.25, 0.3) is 0 Å². The molecule has 1 aromatic carbocycles. The van der Waals surface area contributed by atoms with E-state index in [0.29, 0.717) is 13.2 Å². The monoisotopic (exact) mass is 276 g/mol. The molecule has 0 aromatic heterocycles. The van der Waals surface area contributed by atoms with Crippen molar-refractivity contribution < 1.29 is 9.53 Å². The van der Waals surface area contributed by atoms with Crippen molar-refractivity contribution in [1.29, 1.82) is 0 Å². The number of carbonyl (C=O) groups is 1. The fourth-order valence-corrected chi connectivity index (χ4v) is 2.55. The number of carbonyl (C=O) groups excluding carboxylic acids is 1. The molecule has 0 saturated heterocycles. The Morgan fingerprint density at radius 3 is 3.00 bits per heavy atom. The van der Waals surface area contributed by atoms with Crippen LogP contribution in [0, 0.1) is 0 Å². The van der Waals surface area contributed by atoms with Crippen molar-refractivity contribution in [2.24, 2.45) is 0 Å². The van der Waals surface area contributed by atoms with Crippen LogP contribution in [0.2, 0.25) is 0 Å². The molecule has 0 saturated carbocycles. The van der Waals surface area contributed by atoms with Crippen molar-refractivity contribution in [3.8, 4) is 0 Å². The average Bonchev–Trinajstić information content (AvgIpc) is 2.44. The standard InChI is InChI=1S/C16H24N2O2/c1-4-20-16(2,3)11-18-15(19)13-7-5-9-14-12(13)8-6-10-17-14/h5,7,9,17H,4,6,8,10-11H2,1-3H3,(H,18,19). The second-order valence-electron chi connectivity index (χ2n) is 5.74.